The molecule has 0 saturated carbocycles. The summed E-state index contributed by atoms with van der Waals surface area (Å²) in [6, 6.07) is 30.1. The molecule has 2 aromatic heterocycles. The molecule has 3 N–H and O–H groups in total. The van der Waals surface area contributed by atoms with Crippen LogP contribution in [0.4, 0.5) is 22.0 Å². The van der Waals surface area contributed by atoms with Crippen LogP contribution in [0.5, 0.6) is 0 Å². The summed E-state index contributed by atoms with van der Waals surface area (Å²) < 4.78 is 6.18. The van der Waals surface area contributed by atoms with E-state index >= 15 is 0 Å². The first-order valence-electron chi connectivity index (χ1n) is 14.2. The van der Waals surface area contributed by atoms with Gasteiger partial charge in [-0.05, 0) is 74.9 Å². The lowest BCUT2D eigenvalue weighted by molar-refractivity contribution is 0.0953. The van der Waals surface area contributed by atoms with Crippen LogP contribution in [0.3, 0.4) is 0 Å². The zero-order valence-electron chi connectivity index (χ0n) is 24.5. The van der Waals surface area contributed by atoms with Gasteiger partial charge in [-0.1, -0.05) is 42.5 Å². The molecule has 2 amide bonds. The average molecular weight is 586 g/mol. The van der Waals surface area contributed by atoms with Crippen molar-refractivity contribution in [1.29, 1.82) is 0 Å². The Morgan fingerprint density at radius 2 is 1.55 bits per heavy atom. The molecular weight excluding hydrogens is 554 g/mol. The highest BCUT2D eigenvalue weighted by molar-refractivity contribution is 6.09. The summed E-state index contributed by atoms with van der Waals surface area (Å²) in [6.45, 7) is 5.77. The Kier molecular flexibility index (Phi) is 7.45. The summed E-state index contributed by atoms with van der Waals surface area (Å²) in [4.78, 5) is 34.7. The Balaban J connectivity index is 1.12. The molecule has 0 aliphatic heterocycles. The number of nitrogens with one attached hydrogen (secondary N) is 2. The maximum Gasteiger partial charge on any atom is 0.408 e. The van der Waals surface area contributed by atoms with Crippen LogP contribution in [0.1, 0.15) is 36.7 Å². The fourth-order valence-electron chi connectivity index (χ4n) is 5.05. The SMILES string of the molecule is CC(C)(C)N(Cc1ccc(C(=O)Nc2ccc(Nc3cc(-c4cccc5c4oc4ccccc45)ncn3)cc2)cc1)C(=O)O. The van der Waals surface area contributed by atoms with E-state index in [1.54, 1.807) is 36.4 Å². The maximum atomic E-state index is 12.9. The van der Waals surface area contributed by atoms with E-state index in [0.717, 1.165) is 44.4 Å². The Hall–Kier alpha value is -5.70. The van der Waals surface area contributed by atoms with Crippen molar-refractivity contribution in [3.05, 3.63) is 115 Å². The molecule has 44 heavy (non-hydrogen) atoms. The number of para-hydroxylation sites is 2. The van der Waals surface area contributed by atoms with Crippen LogP contribution >= 0.6 is 0 Å². The number of furan rings is 1. The van der Waals surface area contributed by atoms with Crippen molar-refractivity contribution in [2.24, 2.45) is 0 Å². The summed E-state index contributed by atoms with van der Waals surface area (Å²) in [5.74, 6) is 0.358. The molecule has 9 nitrogen and oxygen atoms in total. The van der Waals surface area contributed by atoms with E-state index in [0.29, 0.717) is 17.1 Å². The topological polar surface area (TPSA) is 121 Å². The monoisotopic (exact) mass is 585 g/mol. The van der Waals surface area contributed by atoms with Crippen molar-refractivity contribution < 1.29 is 19.1 Å². The van der Waals surface area contributed by atoms with Crippen LogP contribution in [-0.2, 0) is 6.54 Å². The Morgan fingerprint density at radius 1 is 0.841 bits per heavy atom. The number of nitrogens with zero attached hydrogens (tertiary/aromatic N) is 3. The zero-order chi connectivity index (χ0) is 30.8. The molecule has 2 heterocycles. The molecule has 0 saturated heterocycles. The number of fused-ring (bicyclic) bond motifs is 3. The molecule has 4 aromatic carbocycles. The second-order valence-electron chi connectivity index (χ2n) is 11.5. The van der Waals surface area contributed by atoms with Crippen LogP contribution in [-0.4, -0.2) is 37.5 Å². The Morgan fingerprint density at radius 3 is 2.27 bits per heavy atom. The molecular formula is C35H31N5O4. The summed E-state index contributed by atoms with van der Waals surface area (Å²) >= 11 is 0. The van der Waals surface area contributed by atoms with Gasteiger partial charge in [-0.25, -0.2) is 14.8 Å². The van der Waals surface area contributed by atoms with E-state index in [1.165, 1.54) is 11.2 Å². The second-order valence-corrected chi connectivity index (χ2v) is 11.5. The minimum atomic E-state index is -0.988. The van der Waals surface area contributed by atoms with Gasteiger partial charge in [0.1, 0.15) is 23.3 Å². The van der Waals surface area contributed by atoms with Crippen LogP contribution in [0.2, 0.25) is 0 Å². The second kappa shape index (κ2) is 11.5. The first-order chi connectivity index (χ1) is 21.2. The van der Waals surface area contributed by atoms with Crippen LogP contribution in [0.15, 0.2) is 108 Å². The van der Waals surface area contributed by atoms with Gasteiger partial charge >= 0.3 is 6.09 Å². The number of hydrogen-bond donors (Lipinski definition) is 3. The zero-order valence-corrected chi connectivity index (χ0v) is 24.5. The molecule has 0 unspecified atom stereocenters. The first-order valence-corrected chi connectivity index (χ1v) is 14.2. The third-order valence-electron chi connectivity index (χ3n) is 7.36. The smallest absolute Gasteiger partial charge is 0.408 e. The molecule has 0 spiro atoms. The minimum Gasteiger partial charge on any atom is -0.465 e. The van der Waals surface area contributed by atoms with Crippen molar-refractivity contribution in [3.8, 4) is 11.3 Å². The number of amides is 2. The van der Waals surface area contributed by atoms with Gasteiger partial charge < -0.3 is 20.2 Å². The average Bonchev–Trinajstić information content (AvgIpc) is 3.39. The summed E-state index contributed by atoms with van der Waals surface area (Å²) in [7, 11) is 0. The van der Waals surface area contributed by atoms with E-state index < -0.39 is 11.6 Å². The molecule has 0 fully saturated rings. The number of aromatic nitrogens is 2. The quantitative estimate of drug-likeness (QED) is 0.172. The number of anilines is 3. The molecule has 0 aliphatic carbocycles. The standard InChI is InChI=1S/C35H31N5O4/c1-35(2,3)40(34(42)43)20-22-11-13-23(14-12-22)33(41)39-25-17-15-24(16-18-25)38-31-19-29(36-21-37-31)28-9-6-8-27-26-7-4-5-10-30(26)44-32(27)28/h4-19,21H,20H2,1-3H3,(H,39,41)(H,42,43)(H,36,37,38). The Bertz CT molecular complexity index is 1980. The number of carboxylic acid groups (broad SMARTS) is 1. The fraction of sp³-hybridized carbons (Fsp3) is 0.143. The molecule has 6 rings (SSSR count). The predicted molar refractivity (Wildman–Crippen MR) is 172 cm³/mol. The lowest BCUT2D eigenvalue weighted by atomic mass is 10.0. The molecule has 6 aromatic rings. The predicted octanol–water partition coefficient (Wildman–Crippen LogP) is 8.32. The third kappa shape index (κ3) is 5.94. The minimum absolute atomic E-state index is 0.235. The van der Waals surface area contributed by atoms with Crippen molar-refractivity contribution >= 4 is 51.1 Å². The maximum absolute atomic E-state index is 12.9. The van der Waals surface area contributed by atoms with Gasteiger partial charge in [-0.3, -0.25) is 9.69 Å². The highest BCUT2D eigenvalue weighted by atomic mass is 16.4. The van der Waals surface area contributed by atoms with Gasteiger partial charge in [0.2, 0.25) is 0 Å². The van der Waals surface area contributed by atoms with Crippen LogP contribution in [0, 0.1) is 0 Å². The molecule has 220 valence electrons. The Labute approximate surface area is 254 Å². The molecule has 0 radical (unpaired) electrons. The van der Waals surface area contributed by atoms with Crippen LogP contribution in [0.25, 0.3) is 33.2 Å². The summed E-state index contributed by atoms with van der Waals surface area (Å²) in [5, 5.41) is 17.8. The molecule has 9 heteroatoms. The molecule has 0 atom stereocenters. The van der Waals surface area contributed by atoms with E-state index in [4.69, 9.17) is 4.42 Å². The van der Waals surface area contributed by atoms with Gasteiger partial charge in [-0.15, -0.1) is 0 Å². The summed E-state index contributed by atoms with van der Waals surface area (Å²) in [6.07, 6.45) is 0.527. The van der Waals surface area contributed by atoms with E-state index in [2.05, 4.69) is 20.6 Å². The van der Waals surface area contributed by atoms with Gasteiger partial charge in [0.15, 0.2) is 0 Å². The highest BCUT2D eigenvalue weighted by Crippen LogP contribution is 2.35. The van der Waals surface area contributed by atoms with E-state index in [9.17, 15) is 14.7 Å². The number of rotatable bonds is 7. The lowest BCUT2D eigenvalue weighted by Gasteiger charge is -2.33. The van der Waals surface area contributed by atoms with Gasteiger partial charge in [0.05, 0.1) is 5.69 Å². The number of hydrogen-bond acceptors (Lipinski definition) is 6. The van der Waals surface area contributed by atoms with E-state index in [-0.39, 0.29) is 12.5 Å². The van der Waals surface area contributed by atoms with Crippen LogP contribution < -0.4 is 10.6 Å². The fourth-order valence-corrected chi connectivity index (χ4v) is 5.05. The van der Waals surface area contributed by atoms with Crippen molar-refractivity contribution in [2.45, 2.75) is 32.9 Å². The normalized spacial score (nSPS) is 11.4. The highest BCUT2D eigenvalue weighted by Gasteiger charge is 2.26. The number of carbonyl (C=O) groups excluding carboxylic acids is 1. The number of carbonyl (C=O) groups is 2. The third-order valence-corrected chi connectivity index (χ3v) is 7.36. The van der Waals surface area contributed by atoms with Gasteiger partial charge in [-0.2, -0.15) is 0 Å². The molecule has 0 bridgehead atoms. The van der Waals surface area contributed by atoms with Gasteiger partial charge in [0, 0.05) is 51.4 Å². The molecule has 0 aliphatic rings. The van der Waals surface area contributed by atoms with Gasteiger partial charge in [0.25, 0.3) is 5.91 Å². The largest absolute Gasteiger partial charge is 0.465 e. The van der Waals surface area contributed by atoms with E-state index in [1.807, 2.05) is 81.4 Å². The lowest BCUT2D eigenvalue weighted by Crippen LogP contribution is -2.44. The van der Waals surface area contributed by atoms with Crippen molar-refractivity contribution in [2.75, 3.05) is 10.6 Å². The van der Waals surface area contributed by atoms with Crippen molar-refractivity contribution in [3.63, 3.8) is 0 Å². The summed E-state index contributed by atoms with van der Waals surface area (Å²) in [5.41, 5.74) is 5.38. The van der Waals surface area contributed by atoms with Crippen molar-refractivity contribution in [1.82, 2.24) is 14.9 Å². The number of benzene rings is 4. The first kappa shape index (κ1) is 28.4.